The van der Waals surface area contributed by atoms with Crippen LogP contribution in [0.15, 0.2) is 54.4 Å². The maximum Gasteiger partial charge on any atom is 0.295 e. The number of benzene rings is 1. The Morgan fingerprint density at radius 2 is 1.97 bits per heavy atom. The molecule has 1 atom stereocenters. The van der Waals surface area contributed by atoms with Crippen molar-refractivity contribution in [1.29, 1.82) is 0 Å². The quantitative estimate of drug-likeness (QED) is 0.378. The summed E-state index contributed by atoms with van der Waals surface area (Å²) in [6.45, 7) is 3.73. The number of carbonyl (C=O) groups is 2. The van der Waals surface area contributed by atoms with Gasteiger partial charge in [0.15, 0.2) is 0 Å². The number of pyridine rings is 1. The lowest BCUT2D eigenvalue weighted by molar-refractivity contribution is -0.140. The number of rotatable bonds is 5. The molecule has 164 valence electrons. The highest BCUT2D eigenvalue weighted by molar-refractivity contribution is 6.46. The summed E-state index contributed by atoms with van der Waals surface area (Å²) in [6, 6.07) is 9.98. The molecule has 2 aromatic heterocycles. The molecule has 8 heteroatoms. The Kier molecular flexibility index (Phi) is 5.52. The standard InChI is InChI=1S/C24H24N4O4/c1-14-19(15(2)27(3)26-14)22(29)20-21(17-8-5-9-18(11-17)32-4)28(24(31)23(20)30)13-16-7-6-10-25-12-16/h5-12,21,29H,13H2,1-4H3/b22-20+/t21-/m1/s1. The van der Waals surface area contributed by atoms with Gasteiger partial charge in [0.25, 0.3) is 11.7 Å². The molecule has 3 heterocycles. The molecular weight excluding hydrogens is 408 g/mol. The van der Waals surface area contributed by atoms with Crippen LogP contribution in [0, 0.1) is 13.8 Å². The zero-order valence-electron chi connectivity index (χ0n) is 18.4. The van der Waals surface area contributed by atoms with Crippen LogP contribution < -0.4 is 4.74 Å². The summed E-state index contributed by atoms with van der Waals surface area (Å²) in [4.78, 5) is 31.9. The molecule has 32 heavy (non-hydrogen) atoms. The van der Waals surface area contributed by atoms with Crippen molar-refractivity contribution in [3.8, 4) is 5.75 Å². The van der Waals surface area contributed by atoms with Gasteiger partial charge < -0.3 is 14.7 Å². The minimum Gasteiger partial charge on any atom is -0.507 e. The van der Waals surface area contributed by atoms with Gasteiger partial charge in [-0.2, -0.15) is 5.10 Å². The molecule has 1 aliphatic rings. The molecule has 1 saturated heterocycles. The third kappa shape index (κ3) is 3.53. The van der Waals surface area contributed by atoms with Gasteiger partial charge in [0.2, 0.25) is 0 Å². The lowest BCUT2D eigenvalue weighted by Crippen LogP contribution is -2.29. The minimum atomic E-state index is -0.788. The number of hydrogen-bond acceptors (Lipinski definition) is 6. The number of amides is 1. The summed E-state index contributed by atoms with van der Waals surface area (Å²) in [5, 5.41) is 15.7. The van der Waals surface area contributed by atoms with Crippen LogP contribution in [-0.2, 0) is 23.2 Å². The van der Waals surface area contributed by atoms with Gasteiger partial charge in [0.1, 0.15) is 11.5 Å². The molecule has 1 N–H and O–H groups in total. The van der Waals surface area contributed by atoms with Crippen LogP contribution in [0.1, 0.15) is 34.1 Å². The lowest BCUT2D eigenvalue weighted by atomic mass is 9.94. The summed E-state index contributed by atoms with van der Waals surface area (Å²) < 4.78 is 6.99. The fourth-order valence-corrected chi connectivity index (χ4v) is 4.14. The monoisotopic (exact) mass is 432 g/mol. The number of aliphatic hydroxyl groups excluding tert-OH is 1. The zero-order chi connectivity index (χ0) is 23.0. The molecule has 0 aliphatic carbocycles. The fourth-order valence-electron chi connectivity index (χ4n) is 4.14. The summed E-state index contributed by atoms with van der Waals surface area (Å²) in [5.74, 6) is -1.06. The molecule has 1 aliphatic heterocycles. The molecule has 0 radical (unpaired) electrons. The number of methoxy groups -OCH3 is 1. The molecule has 8 nitrogen and oxygen atoms in total. The van der Waals surface area contributed by atoms with Crippen molar-refractivity contribution in [2.75, 3.05) is 7.11 Å². The Morgan fingerprint density at radius 1 is 1.19 bits per heavy atom. The van der Waals surface area contributed by atoms with Gasteiger partial charge in [-0.1, -0.05) is 18.2 Å². The second-order valence-corrected chi connectivity index (χ2v) is 7.73. The van der Waals surface area contributed by atoms with E-state index in [1.807, 2.05) is 12.1 Å². The number of nitrogens with zero attached hydrogens (tertiary/aromatic N) is 4. The van der Waals surface area contributed by atoms with Crippen molar-refractivity contribution >= 4 is 17.4 Å². The van der Waals surface area contributed by atoms with Gasteiger partial charge in [-0.3, -0.25) is 19.3 Å². The SMILES string of the molecule is COc1cccc([C@@H]2/C(=C(\O)c3c(C)nn(C)c3C)C(=O)C(=O)N2Cc2cccnc2)c1. The number of ether oxygens (including phenoxy) is 1. The van der Waals surface area contributed by atoms with Gasteiger partial charge in [-0.25, -0.2) is 0 Å². The van der Waals surface area contributed by atoms with Gasteiger partial charge in [0.05, 0.1) is 30.0 Å². The van der Waals surface area contributed by atoms with Gasteiger partial charge in [-0.15, -0.1) is 0 Å². The first kappa shape index (κ1) is 21.3. The Bertz CT molecular complexity index is 1230. The normalized spacial score (nSPS) is 17.8. The molecule has 0 spiro atoms. The van der Waals surface area contributed by atoms with E-state index in [4.69, 9.17) is 4.74 Å². The highest BCUT2D eigenvalue weighted by Gasteiger charge is 2.46. The topological polar surface area (TPSA) is 97.5 Å². The number of ketones is 1. The lowest BCUT2D eigenvalue weighted by Gasteiger charge is -2.25. The van der Waals surface area contributed by atoms with Crippen LogP contribution in [0.5, 0.6) is 5.75 Å². The van der Waals surface area contributed by atoms with E-state index in [0.717, 1.165) is 5.56 Å². The first-order chi connectivity index (χ1) is 15.3. The van der Waals surface area contributed by atoms with Crippen LogP contribution >= 0.6 is 0 Å². The molecule has 0 bridgehead atoms. The third-order valence-corrected chi connectivity index (χ3v) is 5.77. The smallest absolute Gasteiger partial charge is 0.295 e. The number of Topliss-reactive ketones (excluding diaryl/α,β-unsaturated/α-hetero) is 1. The molecule has 0 unspecified atom stereocenters. The number of likely N-dealkylation sites (tertiary alicyclic amines) is 1. The van der Waals surface area contributed by atoms with E-state index in [1.54, 1.807) is 69.3 Å². The van der Waals surface area contributed by atoms with E-state index in [-0.39, 0.29) is 17.9 Å². The predicted molar refractivity (Wildman–Crippen MR) is 118 cm³/mol. The van der Waals surface area contributed by atoms with Crippen molar-refractivity contribution in [3.05, 3.63) is 82.4 Å². The first-order valence-electron chi connectivity index (χ1n) is 10.1. The van der Waals surface area contributed by atoms with Crippen molar-refractivity contribution in [1.82, 2.24) is 19.7 Å². The van der Waals surface area contributed by atoms with E-state index in [1.165, 1.54) is 4.90 Å². The van der Waals surface area contributed by atoms with Crippen molar-refractivity contribution in [2.24, 2.45) is 7.05 Å². The second kappa shape index (κ2) is 8.30. The summed E-state index contributed by atoms with van der Waals surface area (Å²) >= 11 is 0. The van der Waals surface area contributed by atoms with E-state index in [2.05, 4.69) is 10.1 Å². The van der Waals surface area contributed by atoms with Crippen molar-refractivity contribution in [2.45, 2.75) is 26.4 Å². The minimum absolute atomic E-state index is 0.0337. The van der Waals surface area contributed by atoms with E-state index in [9.17, 15) is 14.7 Å². The molecule has 1 fully saturated rings. The van der Waals surface area contributed by atoms with Crippen LogP contribution in [-0.4, -0.2) is 43.6 Å². The highest BCUT2D eigenvalue weighted by atomic mass is 16.5. The summed E-state index contributed by atoms with van der Waals surface area (Å²) in [5.41, 5.74) is 3.20. The van der Waals surface area contributed by atoms with E-state index in [0.29, 0.717) is 28.3 Å². The van der Waals surface area contributed by atoms with Crippen molar-refractivity contribution < 1.29 is 19.4 Å². The zero-order valence-corrected chi connectivity index (χ0v) is 18.4. The van der Waals surface area contributed by atoms with Gasteiger partial charge in [-0.05, 0) is 43.2 Å². The molecule has 1 aromatic carbocycles. The fraction of sp³-hybridized carbons (Fsp3) is 0.250. The first-order valence-corrected chi connectivity index (χ1v) is 10.1. The Labute approximate surface area is 185 Å². The Balaban J connectivity index is 1.92. The second-order valence-electron chi connectivity index (χ2n) is 7.73. The highest BCUT2D eigenvalue weighted by Crippen LogP contribution is 2.41. The summed E-state index contributed by atoms with van der Waals surface area (Å²) in [7, 11) is 3.31. The van der Waals surface area contributed by atoms with Crippen LogP contribution in [0.25, 0.3) is 5.76 Å². The van der Waals surface area contributed by atoms with Crippen LogP contribution in [0.3, 0.4) is 0 Å². The largest absolute Gasteiger partial charge is 0.507 e. The maximum absolute atomic E-state index is 13.2. The number of aromatic nitrogens is 3. The third-order valence-electron chi connectivity index (χ3n) is 5.77. The van der Waals surface area contributed by atoms with Gasteiger partial charge in [0, 0.05) is 31.7 Å². The number of carbonyl (C=O) groups excluding carboxylic acids is 2. The molecule has 0 saturated carbocycles. The maximum atomic E-state index is 13.2. The van der Waals surface area contributed by atoms with Gasteiger partial charge >= 0.3 is 0 Å². The Hall–Kier alpha value is -3.94. The number of hydrogen-bond donors (Lipinski definition) is 1. The molecule has 4 rings (SSSR count). The molecular formula is C24H24N4O4. The van der Waals surface area contributed by atoms with Crippen LogP contribution in [0.2, 0.25) is 0 Å². The number of aryl methyl sites for hydroxylation is 2. The average Bonchev–Trinajstić information content (AvgIpc) is 3.20. The Morgan fingerprint density at radius 3 is 2.59 bits per heavy atom. The molecule has 1 amide bonds. The predicted octanol–water partition coefficient (Wildman–Crippen LogP) is 3.06. The van der Waals surface area contributed by atoms with E-state index >= 15 is 0 Å². The summed E-state index contributed by atoms with van der Waals surface area (Å²) in [6.07, 6.45) is 3.29. The average molecular weight is 432 g/mol. The van der Waals surface area contributed by atoms with Crippen LogP contribution in [0.4, 0.5) is 0 Å². The molecule has 3 aromatic rings. The van der Waals surface area contributed by atoms with Crippen molar-refractivity contribution in [3.63, 3.8) is 0 Å². The number of aliphatic hydroxyl groups is 1. The van der Waals surface area contributed by atoms with E-state index < -0.39 is 17.7 Å².